The van der Waals surface area contributed by atoms with Gasteiger partial charge in [-0.3, -0.25) is 10.1 Å². The molecule has 2 heterocycles. The van der Waals surface area contributed by atoms with Gasteiger partial charge >= 0.3 is 0 Å². The zero-order valence-electron chi connectivity index (χ0n) is 13.9. The first kappa shape index (κ1) is 15.7. The molecule has 0 spiro atoms. The van der Waals surface area contributed by atoms with Crippen LogP contribution < -0.4 is 10.6 Å². The Morgan fingerprint density at radius 3 is 2.68 bits per heavy atom. The lowest BCUT2D eigenvalue weighted by molar-refractivity contribution is -0.120. The van der Waals surface area contributed by atoms with Crippen LogP contribution in [-0.4, -0.2) is 29.0 Å². The van der Waals surface area contributed by atoms with Crippen LogP contribution in [0.4, 0.5) is 5.95 Å². The highest BCUT2D eigenvalue weighted by molar-refractivity contribution is 5.91. The Hall–Kier alpha value is -2.79. The molecule has 2 aromatic carbocycles. The number of aromatic nitrogens is 2. The van der Waals surface area contributed by atoms with Crippen molar-refractivity contribution in [1.29, 1.82) is 0 Å². The van der Waals surface area contributed by atoms with Crippen LogP contribution in [0.3, 0.4) is 0 Å². The molecule has 4 rings (SSSR count). The average Bonchev–Trinajstić information content (AvgIpc) is 2.68. The SMILES string of the molecule is O=C(Nc1nccc(-c2ccc3ccccc3c2)n1)C1CCNCC1. The van der Waals surface area contributed by atoms with Crippen LogP contribution >= 0.6 is 0 Å². The smallest absolute Gasteiger partial charge is 0.229 e. The maximum atomic E-state index is 12.4. The summed E-state index contributed by atoms with van der Waals surface area (Å²) < 4.78 is 0. The third-order valence-electron chi connectivity index (χ3n) is 4.65. The molecule has 5 heteroatoms. The number of piperidine rings is 1. The topological polar surface area (TPSA) is 66.9 Å². The minimum atomic E-state index is 0.0113. The van der Waals surface area contributed by atoms with E-state index in [-0.39, 0.29) is 11.8 Å². The zero-order valence-corrected chi connectivity index (χ0v) is 13.9. The summed E-state index contributed by atoms with van der Waals surface area (Å²) in [6.45, 7) is 1.77. The van der Waals surface area contributed by atoms with Crippen molar-refractivity contribution in [3.8, 4) is 11.3 Å². The van der Waals surface area contributed by atoms with E-state index in [1.54, 1.807) is 6.20 Å². The van der Waals surface area contributed by atoms with E-state index in [0.717, 1.165) is 37.2 Å². The number of fused-ring (bicyclic) bond motifs is 1. The van der Waals surface area contributed by atoms with Gasteiger partial charge in [-0.25, -0.2) is 9.97 Å². The van der Waals surface area contributed by atoms with Crippen molar-refractivity contribution in [2.45, 2.75) is 12.8 Å². The molecule has 0 bridgehead atoms. The number of hydrogen-bond donors (Lipinski definition) is 2. The minimum absolute atomic E-state index is 0.0113. The number of anilines is 1. The Morgan fingerprint density at radius 1 is 1.04 bits per heavy atom. The summed E-state index contributed by atoms with van der Waals surface area (Å²) in [5.74, 6) is 0.417. The van der Waals surface area contributed by atoms with E-state index in [4.69, 9.17) is 0 Å². The van der Waals surface area contributed by atoms with Crippen molar-refractivity contribution >= 4 is 22.6 Å². The lowest BCUT2D eigenvalue weighted by Crippen LogP contribution is -2.34. The highest BCUT2D eigenvalue weighted by Crippen LogP contribution is 2.23. The van der Waals surface area contributed by atoms with Crippen molar-refractivity contribution in [2.24, 2.45) is 5.92 Å². The molecule has 1 aliphatic heterocycles. The fourth-order valence-corrected chi connectivity index (χ4v) is 3.22. The molecule has 0 radical (unpaired) electrons. The van der Waals surface area contributed by atoms with E-state index >= 15 is 0 Å². The first-order valence-corrected chi connectivity index (χ1v) is 8.63. The van der Waals surface area contributed by atoms with Crippen molar-refractivity contribution in [2.75, 3.05) is 18.4 Å². The van der Waals surface area contributed by atoms with Gasteiger partial charge in [0.2, 0.25) is 11.9 Å². The van der Waals surface area contributed by atoms with Crippen molar-refractivity contribution in [3.05, 3.63) is 54.7 Å². The first-order chi connectivity index (χ1) is 12.3. The van der Waals surface area contributed by atoms with Gasteiger partial charge in [0.15, 0.2) is 0 Å². The van der Waals surface area contributed by atoms with Crippen molar-refractivity contribution in [1.82, 2.24) is 15.3 Å². The van der Waals surface area contributed by atoms with E-state index < -0.39 is 0 Å². The molecule has 0 saturated carbocycles. The number of carbonyl (C=O) groups excluding carboxylic acids is 1. The third kappa shape index (κ3) is 3.51. The fourth-order valence-electron chi connectivity index (χ4n) is 3.22. The standard InChI is InChI=1S/C20H20N4O/c25-19(15-7-10-21-11-8-15)24-20-22-12-9-18(23-20)17-6-5-14-3-1-2-4-16(14)13-17/h1-6,9,12-13,15,21H,7-8,10-11H2,(H,22,23,24,25). The van der Waals surface area contributed by atoms with Gasteiger partial charge in [-0.05, 0) is 48.8 Å². The molecule has 3 aromatic rings. The van der Waals surface area contributed by atoms with Gasteiger partial charge < -0.3 is 5.32 Å². The number of nitrogens with zero attached hydrogens (tertiary/aromatic N) is 2. The van der Waals surface area contributed by atoms with Gasteiger partial charge in [0.05, 0.1) is 5.69 Å². The second-order valence-corrected chi connectivity index (χ2v) is 6.34. The summed E-state index contributed by atoms with van der Waals surface area (Å²) in [7, 11) is 0. The monoisotopic (exact) mass is 332 g/mol. The molecule has 1 amide bonds. The number of rotatable bonds is 3. The Morgan fingerprint density at radius 2 is 1.84 bits per heavy atom. The second-order valence-electron chi connectivity index (χ2n) is 6.34. The summed E-state index contributed by atoms with van der Waals surface area (Å²) in [5.41, 5.74) is 1.82. The van der Waals surface area contributed by atoms with Crippen LogP contribution in [0.5, 0.6) is 0 Å². The Kier molecular flexibility index (Phi) is 4.39. The second kappa shape index (κ2) is 6.99. The molecule has 0 atom stereocenters. The summed E-state index contributed by atoms with van der Waals surface area (Å²) in [5, 5.41) is 8.50. The molecular weight excluding hydrogens is 312 g/mol. The van der Waals surface area contributed by atoms with Crippen molar-refractivity contribution < 1.29 is 4.79 Å². The normalized spacial score (nSPS) is 15.2. The fraction of sp³-hybridized carbons (Fsp3) is 0.250. The van der Waals surface area contributed by atoms with Gasteiger partial charge in [0.1, 0.15) is 0 Å². The molecule has 5 nitrogen and oxygen atoms in total. The summed E-state index contributed by atoms with van der Waals surface area (Å²) >= 11 is 0. The van der Waals surface area contributed by atoms with E-state index in [2.05, 4.69) is 44.9 Å². The van der Waals surface area contributed by atoms with E-state index in [9.17, 15) is 4.79 Å². The van der Waals surface area contributed by atoms with Gasteiger partial charge in [0, 0.05) is 17.7 Å². The maximum Gasteiger partial charge on any atom is 0.229 e. The van der Waals surface area contributed by atoms with E-state index in [0.29, 0.717) is 5.95 Å². The minimum Gasteiger partial charge on any atom is -0.317 e. The third-order valence-corrected chi connectivity index (χ3v) is 4.65. The Bertz CT molecular complexity index is 903. The highest BCUT2D eigenvalue weighted by atomic mass is 16.2. The van der Waals surface area contributed by atoms with Crippen LogP contribution in [0.1, 0.15) is 12.8 Å². The zero-order chi connectivity index (χ0) is 17.1. The maximum absolute atomic E-state index is 12.4. The quantitative estimate of drug-likeness (QED) is 0.773. The lowest BCUT2D eigenvalue weighted by atomic mass is 9.97. The van der Waals surface area contributed by atoms with Gasteiger partial charge in [0.25, 0.3) is 0 Å². The molecule has 25 heavy (non-hydrogen) atoms. The predicted octanol–water partition coefficient (Wildman–Crippen LogP) is 3.23. The van der Waals surface area contributed by atoms with Crippen LogP contribution in [0.15, 0.2) is 54.7 Å². The Balaban J connectivity index is 1.56. The number of hydrogen-bond acceptors (Lipinski definition) is 4. The van der Waals surface area contributed by atoms with E-state index in [1.807, 2.05) is 24.3 Å². The highest BCUT2D eigenvalue weighted by Gasteiger charge is 2.21. The summed E-state index contributed by atoms with van der Waals surface area (Å²) in [6.07, 6.45) is 3.40. The molecule has 1 aliphatic rings. The van der Waals surface area contributed by atoms with Gasteiger partial charge in [-0.15, -0.1) is 0 Å². The molecule has 126 valence electrons. The van der Waals surface area contributed by atoms with Crippen LogP contribution in [0.2, 0.25) is 0 Å². The lowest BCUT2D eigenvalue weighted by Gasteiger charge is -2.21. The number of amides is 1. The molecule has 1 aromatic heterocycles. The van der Waals surface area contributed by atoms with Gasteiger partial charge in [-0.2, -0.15) is 0 Å². The largest absolute Gasteiger partial charge is 0.317 e. The molecule has 0 unspecified atom stereocenters. The molecule has 1 saturated heterocycles. The molecule has 2 N–H and O–H groups in total. The number of carbonyl (C=O) groups is 1. The van der Waals surface area contributed by atoms with Crippen molar-refractivity contribution in [3.63, 3.8) is 0 Å². The van der Waals surface area contributed by atoms with Crippen LogP contribution in [0, 0.1) is 5.92 Å². The predicted molar refractivity (Wildman–Crippen MR) is 99.2 cm³/mol. The molecule has 1 fully saturated rings. The first-order valence-electron chi connectivity index (χ1n) is 8.63. The van der Waals surface area contributed by atoms with Gasteiger partial charge in [-0.1, -0.05) is 36.4 Å². The van der Waals surface area contributed by atoms with Crippen LogP contribution in [0.25, 0.3) is 22.0 Å². The average molecular weight is 332 g/mol. The molecule has 0 aliphatic carbocycles. The number of benzene rings is 2. The molecular formula is C20H20N4O. The van der Waals surface area contributed by atoms with Crippen LogP contribution in [-0.2, 0) is 4.79 Å². The number of nitrogens with one attached hydrogen (secondary N) is 2. The summed E-state index contributed by atoms with van der Waals surface area (Å²) in [4.78, 5) is 21.1. The summed E-state index contributed by atoms with van der Waals surface area (Å²) in [6, 6.07) is 16.3. The Labute approximate surface area is 146 Å². The van der Waals surface area contributed by atoms with E-state index in [1.165, 1.54) is 10.8 Å².